The third-order valence-electron chi connectivity index (χ3n) is 3.25. The van der Waals surface area contributed by atoms with Crippen molar-refractivity contribution in [3.63, 3.8) is 0 Å². The zero-order chi connectivity index (χ0) is 15.2. The van der Waals surface area contributed by atoms with Crippen LogP contribution in [0.15, 0.2) is 41.8 Å². The minimum atomic E-state index is 0.0974. The van der Waals surface area contributed by atoms with E-state index in [-0.39, 0.29) is 5.91 Å². The molecule has 1 saturated heterocycles. The molecule has 0 aliphatic carbocycles. The fraction of sp³-hybridized carbons (Fsp3) is 0.333. The van der Waals surface area contributed by atoms with Crippen molar-refractivity contribution >= 4 is 17.7 Å². The van der Waals surface area contributed by atoms with Gasteiger partial charge in [-0.25, -0.2) is 9.97 Å². The van der Waals surface area contributed by atoms with Crippen LogP contribution in [-0.4, -0.2) is 57.8 Å². The molecule has 0 unspecified atom stereocenters. The van der Waals surface area contributed by atoms with Gasteiger partial charge in [0, 0.05) is 25.5 Å². The Kier molecular flexibility index (Phi) is 4.97. The summed E-state index contributed by atoms with van der Waals surface area (Å²) in [6.45, 7) is 2.55. The van der Waals surface area contributed by atoms with Gasteiger partial charge in [-0.3, -0.25) is 9.78 Å². The molecule has 6 nitrogen and oxygen atoms in total. The maximum absolute atomic E-state index is 12.1. The van der Waals surface area contributed by atoms with E-state index in [0.717, 1.165) is 11.4 Å². The molecular formula is C15H16N4O2S. The Morgan fingerprint density at radius 1 is 1.14 bits per heavy atom. The molecular weight excluding hydrogens is 300 g/mol. The van der Waals surface area contributed by atoms with Gasteiger partial charge in [-0.2, -0.15) is 0 Å². The Morgan fingerprint density at radius 2 is 2.00 bits per heavy atom. The smallest absolute Gasteiger partial charge is 0.233 e. The largest absolute Gasteiger partial charge is 0.378 e. The van der Waals surface area contributed by atoms with Gasteiger partial charge in [0.1, 0.15) is 0 Å². The third-order valence-corrected chi connectivity index (χ3v) is 4.10. The zero-order valence-corrected chi connectivity index (χ0v) is 12.8. The molecule has 1 fully saturated rings. The van der Waals surface area contributed by atoms with Gasteiger partial charge in [0.05, 0.1) is 30.4 Å². The van der Waals surface area contributed by atoms with Crippen molar-refractivity contribution in [3.8, 4) is 11.4 Å². The van der Waals surface area contributed by atoms with Crippen LogP contribution in [0, 0.1) is 0 Å². The number of morpholine rings is 1. The number of carbonyl (C=O) groups excluding carboxylic acids is 1. The van der Waals surface area contributed by atoms with Crippen molar-refractivity contribution in [1.82, 2.24) is 19.9 Å². The molecule has 2 aromatic heterocycles. The Bertz CT molecular complexity index is 632. The molecule has 0 spiro atoms. The lowest BCUT2D eigenvalue weighted by atomic mass is 10.3. The Labute approximate surface area is 132 Å². The normalized spacial score (nSPS) is 14.8. The van der Waals surface area contributed by atoms with E-state index in [9.17, 15) is 4.79 Å². The molecule has 1 amide bonds. The number of ether oxygens (including phenoxy) is 1. The Balaban J connectivity index is 1.62. The fourth-order valence-corrected chi connectivity index (χ4v) is 2.83. The van der Waals surface area contributed by atoms with E-state index in [4.69, 9.17) is 4.74 Å². The van der Waals surface area contributed by atoms with Crippen LogP contribution in [0.4, 0.5) is 0 Å². The van der Waals surface area contributed by atoms with Crippen LogP contribution in [0.5, 0.6) is 0 Å². The summed E-state index contributed by atoms with van der Waals surface area (Å²) in [7, 11) is 0. The van der Waals surface area contributed by atoms with E-state index in [1.165, 1.54) is 11.8 Å². The first kappa shape index (κ1) is 14.9. The first-order chi connectivity index (χ1) is 10.8. The molecule has 0 saturated carbocycles. The van der Waals surface area contributed by atoms with E-state index >= 15 is 0 Å². The fourth-order valence-electron chi connectivity index (χ4n) is 2.10. The zero-order valence-electron chi connectivity index (χ0n) is 12.0. The highest BCUT2D eigenvalue weighted by atomic mass is 32.2. The highest BCUT2D eigenvalue weighted by molar-refractivity contribution is 7.99. The molecule has 7 heteroatoms. The van der Waals surface area contributed by atoms with Gasteiger partial charge in [0.2, 0.25) is 5.91 Å². The Morgan fingerprint density at radius 3 is 2.77 bits per heavy atom. The first-order valence-corrected chi connectivity index (χ1v) is 8.04. The number of pyridine rings is 1. The molecule has 0 bridgehead atoms. The van der Waals surface area contributed by atoms with Gasteiger partial charge < -0.3 is 9.64 Å². The van der Waals surface area contributed by atoms with E-state index in [1.54, 1.807) is 12.4 Å². The van der Waals surface area contributed by atoms with Crippen molar-refractivity contribution in [3.05, 3.63) is 36.7 Å². The van der Waals surface area contributed by atoms with Gasteiger partial charge >= 0.3 is 0 Å². The highest BCUT2D eigenvalue weighted by Gasteiger charge is 2.17. The summed E-state index contributed by atoms with van der Waals surface area (Å²) in [4.78, 5) is 26.9. The summed E-state index contributed by atoms with van der Waals surface area (Å²) in [6, 6.07) is 7.49. The highest BCUT2D eigenvalue weighted by Crippen LogP contribution is 2.18. The molecule has 22 heavy (non-hydrogen) atoms. The lowest BCUT2D eigenvalue weighted by Crippen LogP contribution is -2.41. The van der Waals surface area contributed by atoms with Crippen molar-refractivity contribution in [2.24, 2.45) is 0 Å². The SMILES string of the molecule is O=C(CSc1nccc(-c2ccccn2)n1)N1CCOCC1. The summed E-state index contributed by atoms with van der Waals surface area (Å²) in [5.41, 5.74) is 1.56. The summed E-state index contributed by atoms with van der Waals surface area (Å²) in [5, 5.41) is 0.588. The maximum Gasteiger partial charge on any atom is 0.233 e. The number of hydrogen-bond donors (Lipinski definition) is 0. The maximum atomic E-state index is 12.1. The Hall–Kier alpha value is -1.99. The molecule has 0 aromatic carbocycles. The van der Waals surface area contributed by atoms with E-state index < -0.39 is 0 Å². The third kappa shape index (κ3) is 3.80. The van der Waals surface area contributed by atoms with Crippen LogP contribution in [-0.2, 0) is 9.53 Å². The van der Waals surface area contributed by atoms with Crippen LogP contribution in [0.25, 0.3) is 11.4 Å². The number of thioether (sulfide) groups is 1. The summed E-state index contributed by atoms with van der Waals surface area (Å²) < 4.78 is 5.25. The van der Waals surface area contributed by atoms with Gasteiger partial charge in [-0.1, -0.05) is 17.8 Å². The van der Waals surface area contributed by atoms with Crippen LogP contribution in [0.2, 0.25) is 0 Å². The quantitative estimate of drug-likeness (QED) is 0.629. The minimum Gasteiger partial charge on any atom is -0.378 e. The molecule has 0 radical (unpaired) electrons. The summed E-state index contributed by atoms with van der Waals surface area (Å²) in [5.74, 6) is 0.436. The average molecular weight is 316 g/mol. The predicted molar refractivity (Wildman–Crippen MR) is 83.4 cm³/mol. The number of amides is 1. The minimum absolute atomic E-state index is 0.0974. The van der Waals surface area contributed by atoms with Crippen molar-refractivity contribution < 1.29 is 9.53 Å². The van der Waals surface area contributed by atoms with E-state index in [0.29, 0.717) is 37.2 Å². The molecule has 0 N–H and O–H groups in total. The van der Waals surface area contributed by atoms with Gasteiger partial charge in [-0.15, -0.1) is 0 Å². The molecule has 0 atom stereocenters. The molecule has 2 aromatic rings. The molecule has 114 valence electrons. The molecule has 1 aliphatic heterocycles. The van der Waals surface area contributed by atoms with Crippen molar-refractivity contribution in [2.75, 3.05) is 32.1 Å². The second-order valence-electron chi connectivity index (χ2n) is 4.72. The van der Waals surface area contributed by atoms with E-state index in [2.05, 4.69) is 15.0 Å². The molecule has 3 rings (SSSR count). The topological polar surface area (TPSA) is 68.2 Å². The van der Waals surface area contributed by atoms with Gasteiger partial charge in [0.25, 0.3) is 0 Å². The first-order valence-electron chi connectivity index (χ1n) is 7.06. The lowest BCUT2D eigenvalue weighted by Gasteiger charge is -2.26. The van der Waals surface area contributed by atoms with Crippen LogP contribution >= 0.6 is 11.8 Å². The summed E-state index contributed by atoms with van der Waals surface area (Å²) >= 11 is 1.35. The number of rotatable bonds is 4. The lowest BCUT2D eigenvalue weighted by molar-refractivity contribution is -0.132. The van der Waals surface area contributed by atoms with Crippen molar-refractivity contribution in [2.45, 2.75) is 5.16 Å². The summed E-state index contributed by atoms with van der Waals surface area (Å²) in [6.07, 6.45) is 3.42. The van der Waals surface area contributed by atoms with Crippen LogP contribution in [0.1, 0.15) is 0 Å². The number of carbonyl (C=O) groups is 1. The van der Waals surface area contributed by atoms with Crippen LogP contribution < -0.4 is 0 Å². The van der Waals surface area contributed by atoms with Gasteiger partial charge in [0.15, 0.2) is 5.16 Å². The number of aromatic nitrogens is 3. The standard InChI is InChI=1S/C15H16N4O2S/c20-14(19-7-9-21-10-8-19)11-22-15-17-6-4-13(18-15)12-3-1-2-5-16-12/h1-6H,7-11H2. The second kappa shape index (κ2) is 7.33. The molecule has 3 heterocycles. The van der Waals surface area contributed by atoms with Crippen molar-refractivity contribution in [1.29, 1.82) is 0 Å². The van der Waals surface area contributed by atoms with Crippen LogP contribution in [0.3, 0.4) is 0 Å². The van der Waals surface area contributed by atoms with E-state index in [1.807, 2.05) is 29.2 Å². The molecule has 1 aliphatic rings. The number of hydrogen-bond acceptors (Lipinski definition) is 6. The average Bonchev–Trinajstić information content (AvgIpc) is 2.61. The predicted octanol–water partition coefficient (Wildman–Crippen LogP) is 1.49. The second-order valence-corrected chi connectivity index (χ2v) is 5.66. The number of nitrogens with zero attached hydrogens (tertiary/aromatic N) is 4. The monoisotopic (exact) mass is 316 g/mol. The van der Waals surface area contributed by atoms with Gasteiger partial charge in [-0.05, 0) is 18.2 Å².